The van der Waals surface area contributed by atoms with E-state index in [1.807, 2.05) is 12.1 Å². The van der Waals surface area contributed by atoms with Crippen LogP contribution in [-0.2, 0) is 4.79 Å². The Morgan fingerprint density at radius 1 is 0.760 bits per heavy atom. The highest BCUT2D eigenvalue weighted by molar-refractivity contribution is 9.10. The van der Waals surface area contributed by atoms with E-state index in [0.717, 1.165) is 20.6 Å². The summed E-state index contributed by atoms with van der Waals surface area (Å²) in [6, 6.07) is 20.8. The lowest BCUT2D eigenvalue weighted by Gasteiger charge is -2.16. The second-order valence-corrected chi connectivity index (χ2v) is 7.06. The molecule has 0 unspecified atom stereocenters. The minimum atomic E-state index is -0.304. The third kappa shape index (κ3) is 1.99. The van der Waals surface area contributed by atoms with Crippen LogP contribution in [0.1, 0.15) is 6.92 Å². The lowest BCUT2D eigenvalue weighted by molar-refractivity contribution is -0.131. The van der Waals surface area contributed by atoms with E-state index in [-0.39, 0.29) is 5.97 Å². The Hall–Kier alpha value is -2.65. The average molecular weight is 389 g/mol. The Kier molecular flexibility index (Phi) is 3.03. The molecule has 0 spiro atoms. The molecular weight excluding hydrogens is 376 g/mol. The number of halogens is 1. The number of fused-ring (bicyclic) bond motifs is 2. The minimum absolute atomic E-state index is 0.304. The summed E-state index contributed by atoms with van der Waals surface area (Å²) in [5.41, 5.74) is 0. The second kappa shape index (κ2) is 5.17. The maximum absolute atomic E-state index is 11.5. The van der Waals surface area contributed by atoms with Crippen LogP contribution < -0.4 is 4.74 Å². The fourth-order valence-electron chi connectivity index (χ4n) is 3.83. The van der Waals surface area contributed by atoms with Crippen molar-refractivity contribution in [1.82, 2.24) is 0 Å². The molecule has 0 atom stereocenters. The molecule has 0 aliphatic rings. The van der Waals surface area contributed by atoms with Crippen molar-refractivity contribution < 1.29 is 9.53 Å². The van der Waals surface area contributed by atoms with Gasteiger partial charge in [0.1, 0.15) is 5.75 Å². The molecule has 0 saturated carbocycles. The number of rotatable bonds is 1. The quantitative estimate of drug-likeness (QED) is 0.143. The zero-order valence-electron chi connectivity index (χ0n) is 13.5. The van der Waals surface area contributed by atoms with E-state index in [1.54, 1.807) is 0 Å². The van der Waals surface area contributed by atoms with Crippen LogP contribution in [0.2, 0.25) is 0 Å². The summed E-state index contributed by atoms with van der Waals surface area (Å²) >= 11 is 3.80. The molecule has 3 heteroatoms. The number of benzene rings is 5. The topological polar surface area (TPSA) is 26.3 Å². The monoisotopic (exact) mass is 388 g/mol. The first-order valence-corrected chi connectivity index (χ1v) is 8.90. The summed E-state index contributed by atoms with van der Waals surface area (Å²) in [5.74, 6) is 0.306. The number of carbonyl (C=O) groups excluding carboxylic acids is 1. The van der Waals surface area contributed by atoms with E-state index in [0.29, 0.717) is 5.75 Å². The Morgan fingerprint density at radius 3 is 2.24 bits per heavy atom. The van der Waals surface area contributed by atoms with Gasteiger partial charge in [-0.15, -0.1) is 0 Å². The summed E-state index contributed by atoms with van der Waals surface area (Å²) in [5, 5.41) is 9.26. The molecule has 0 saturated heterocycles. The molecule has 120 valence electrons. The Bertz CT molecular complexity index is 1300. The smallest absolute Gasteiger partial charge is 0.308 e. The largest absolute Gasteiger partial charge is 0.426 e. The molecule has 0 aliphatic carbocycles. The zero-order valence-corrected chi connectivity index (χ0v) is 15.1. The van der Waals surface area contributed by atoms with Gasteiger partial charge in [-0.3, -0.25) is 4.79 Å². The van der Waals surface area contributed by atoms with Gasteiger partial charge in [0.2, 0.25) is 0 Å². The highest BCUT2D eigenvalue weighted by Gasteiger charge is 2.16. The Morgan fingerprint density at radius 2 is 1.44 bits per heavy atom. The van der Waals surface area contributed by atoms with Crippen molar-refractivity contribution in [1.29, 1.82) is 0 Å². The van der Waals surface area contributed by atoms with Gasteiger partial charge < -0.3 is 4.74 Å². The summed E-state index contributed by atoms with van der Waals surface area (Å²) in [4.78, 5) is 11.5. The number of esters is 1. The van der Waals surface area contributed by atoms with Crippen molar-refractivity contribution in [2.24, 2.45) is 0 Å². The second-order valence-electron chi connectivity index (χ2n) is 6.26. The van der Waals surface area contributed by atoms with Crippen molar-refractivity contribution in [3.63, 3.8) is 0 Å². The maximum Gasteiger partial charge on any atom is 0.308 e. The normalized spacial score (nSPS) is 11.8. The van der Waals surface area contributed by atoms with Crippen LogP contribution in [-0.4, -0.2) is 5.97 Å². The minimum Gasteiger partial charge on any atom is -0.426 e. The highest BCUT2D eigenvalue weighted by atomic mass is 79.9. The third-order valence-corrected chi connectivity index (χ3v) is 5.67. The van der Waals surface area contributed by atoms with Gasteiger partial charge >= 0.3 is 5.97 Å². The maximum atomic E-state index is 11.5. The van der Waals surface area contributed by atoms with E-state index in [1.165, 1.54) is 33.9 Å². The third-order valence-electron chi connectivity index (χ3n) is 4.82. The first-order chi connectivity index (χ1) is 12.1. The summed E-state index contributed by atoms with van der Waals surface area (Å²) in [7, 11) is 0. The SMILES string of the molecule is CC(=O)Oc1ccc2ccc3c(Br)c4ccccc4c4ccc1c2c34. The predicted octanol–water partition coefficient (Wildman–Crippen LogP) is 6.43. The number of ether oxygens (including phenoxy) is 1. The standard InChI is InChI=1S/C22H13BrO2/c1-12(24)25-19-11-7-13-6-8-18-21-15(9-10-17(19)20(13)21)14-4-2-3-5-16(14)22(18)23/h2-11H,1H3. The fourth-order valence-corrected chi connectivity index (χ4v) is 4.50. The zero-order chi connectivity index (χ0) is 17.1. The van der Waals surface area contributed by atoms with E-state index in [2.05, 4.69) is 64.5 Å². The van der Waals surface area contributed by atoms with Crippen LogP contribution in [0.5, 0.6) is 5.75 Å². The number of carbonyl (C=O) groups is 1. The fraction of sp³-hybridized carbons (Fsp3) is 0.0455. The van der Waals surface area contributed by atoms with Crippen LogP contribution in [0.3, 0.4) is 0 Å². The summed E-state index contributed by atoms with van der Waals surface area (Å²) in [6.07, 6.45) is 0. The molecule has 5 aromatic rings. The first-order valence-electron chi connectivity index (χ1n) is 8.11. The summed E-state index contributed by atoms with van der Waals surface area (Å²) < 4.78 is 6.54. The lowest BCUT2D eigenvalue weighted by atomic mass is 9.91. The van der Waals surface area contributed by atoms with Crippen molar-refractivity contribution >= 4 is 65.0 Å². The Labute approximate surface area is 152 Å². The molecule has 0 N–H and O–H groups in total. The molecular formula is C22H13BrO2. The lowest BCUT2D eigenvalue weighted by Crippen LogP contribution is -2.02. The average Bonchev–Trinajstić information content (AvgIpc) is 2.63. The molecule has 0 fully saturated rings. The van der Waals surface area contributed by atoms with Crippen LogP contribution >= 0.6 is 15.9 Å². The van der Waals surface area contributed by atoms with Gasteiger partial charge in [-0.1, -0.05) is 48.5 Å². The van der Waals surface area contributed by atoms with Crippen LogP contribution in [0.4, 0.5) is 0 Å². The highest BCUT2D eigenvalue weighted by Crippen LogP contribution is 2.44. The van der Waals surface area contributed by atoms with Gasteiger partial charge in [0, 0.05) is 22.2 Å². The molecule has 0 aromatic heterocycles. The molecule has 0 bridgehead atoms. The van der Waals surface area contributed by atoms with E-state index < -0.39 is 0 Å². The molecule has 5 rings (SSSR count). The molecule has 0 heterocycles. The van der Waals surface area contributed by atoms with Crippen LogP contribution in [0, 0.1) is 0 Å². The van der Waals surface area contributed by atoms with Gasteiger partial charge in [-0.05, 0) is 60.4 Å². The van der Waals surface area contributed by atoms with E-state index in [4.69, 9.17) is 4.74 Å². The van der Waals surface area contributed by atoms with Crippen molar-refractivity contribution in [3.05, 3.63) is 65.1 Å². The van der Waals surface area contributed by atoms with Crippen LogP contribution in [0.15, 0.2) is 65.1 Å². The Balaban J connectivity index is 2.07. The molecule has 2 nitrogen and oxygen atoms in total. The molecule has 5 aromatic carbocycles. The molecule has 0 aliphatic heterocycles. The van der Waals surface area contributed by atoms with Gasteiger partial charge in [0.25, 0.3) is 0 Å². The number of hydrogen-bond acceptors (Lipinski definition) is 2. The first kappa shape index (κ1) is 14.7. The van der Waals surface area contributed by atoms with Crippen molar-refractivity contribution in [3.8, 4) is 5.75 Å². The van der Waals surface area contributed by atoms with Gasteiger partial charge in [0.05, 0.1) is 0 Å². The van der Waals surface area contributed by atoms with E-state index >= 15 is 0 Å². The molecule has 0 radical (unpaired) electrons. The molecule has 0 amide bonds. The summed E-state index contributed by atoms with van der Waals surface area (Å²) in [6.45, 7) is 1.43. The van der Waals surface area contributed by atoms with E-state index in [9.17, 15) is 4.79 Å². The predicted molar refractivity (Wildman–Crippen MR) is 107 cm³/mol. The van der Waals surface area contributed by atoms with Gasteiger partial charge in [-0.25, -0.2) is 0 Å². The molecule has 25 heavy (non-hydrogen) atoms. The van der Waals surface area contributed by atoms with Crippen LogP contribution in [0.25, 0.3) is 43.1 Å². The van der Waals surface area contributed by atoms with Crippen molar-refractivity contribution in [2.45, 2.75) is 6.92 Å². The number of hydrogen-bond donors (Lipinski definition) is 0. The van der Waals surface area contributed by atoms with Gasteiger partial charge in [0.15, 0.2) is 0 Å². The van der Waals surface area contributed by atoms with Gasteiger partial charge in [-0.2, -0.15) is 0 Å². The van der Waals surface area contributed by atoms with Crippen molar-refractivity contribution in [2.75, 3.05) is 0 Å².